The van der Waals surface area contributed by atoms with Crippen LogP contribution in [-0.4, -0.2) is 61.1 Å². The van der Waals surface area contributed by atoms with Crippen molar-refractivity contribution in [3.63, 3.8) is 0 Å². The van der Waals surface area contributed by atoms with Crippen LogP contribution in [0.25, 0.3) is 0 Å². The predicted molar refractivity (Wildman–Crippen MR) is 89.2 cm³/mol. The summed E-state index contributed by atoms with van der Waals surface area (Å²) in [5.74, 6) is 0.0114. The summed E-state index contributed by atoms with van der Waals surface area (Å²) in [6, 6.07) is 9.66. The molecule has 1 aromatic carbocycles. The number of nitrogens with zero attached hydrogens (tertiary/aromatic N) is 3. The normalized spacial score (nSPS) is 21.9. The molecular formula is C18H25N3O2. The molecular weight excluding hydrogens is 290 g/mol. The van der Waals surface area contributed by atoms with Gasteiger partial charge in [0.05, 0.1) is 11.6 Å². The Labute approximate surface area is 138 Å². The van der Waals surface area contributed by atoms with E-state index in [1.165, 1.54) is 0 Å². The number of hydrogen-bond acceptors (Lipinski definition) is 4. The lowest BCUT2D eigenvalue weighted by molar-refractivity contribution is 0.0270. The quantitative estimate of drug-likeness (QED) is 0.781. The van der Waals surface area contributed by atoms with Gasteiger partial charge in [-0.25, -0.2) is 0 Å². The van der Waals surface area contributed by atoms with Gasteiger partial charge in [-0.15, -0.1) is 0 Å². The van der Waals surface area contributed by atoms with E-state index in [1.807, 2.05) is 4.90 Å². The van der Waals surface area contributed by atoms with Crippen LogP contribution < -0.4 is 0 Å². The maximum atomic E-state index is 12.7. The van der Waals surface area contributed by atoms with Crippen molar-refractivity contribution in [1.82, 2.24) is 9.80 Å². The first-order valence-corrected chi connectivity index (χ1v) is 8.11. The van der Waals surface area contributed by atoms with E-state index in [0.717, 1.165) is 19.6 Å². The van der Waals surface area contributed by atoms with Crippen molar-refractivity contribution in [3.8, 4) is 6.07 Å². The van der Waals surface area contributed by atoms with Crippen LogP contribution in [0, 0.1) is 11.3 Å². The lowest BCUT2D eigenvalue weighted by Gasteiger charge is -2.44. The average Bonchev–Trinajstić information content (AvgIpc) is 2.56. The van der Waals surface area contributed by atoms with Gasteiger partial charge in [0.25, 0.3) is 5.91 Å². The minimum absolute atomic E-state index is 0.0114. The van der Waals surface area contributed by atoms with Crippen LogP contribution >= 0.6 is 0 Å². The molecule has 0 aliphatic carbocycles. The van der Waals surface area contributed by atoms with Gasteiger partial charge >= 0.3 is 0 Å². The predicted octanol–water partition coefficient (Wildman–Crippen LogP) is 2.13. The minimum atomic E-state index is 0.0114. The fourth-order valence-corrected chi connectivity index (χ4v) is 3.26. The number of methoxy groups -OCH3 is 1. The van der Waals surface area contributed by atoms with Crippen molar-refractivity contribution in [3.05, 3.63) is 35.4 Å². The molecule has 2 rings (SSSR count). The maximum Gasteiger partial charge on any atom is 0.254 e. The molecule has 5 nitrogen and oxygen atoms in total. The number of piperazine rings is 1. The number of nitriles is 1. The van der Waals surface area contributed by atoms with E-state index in [1.54, 1.807) is 31.4 Å². The fraction of sp³-hybridized carbons (Fsp3) is 0.556. The van der Waals surface area contributed by atoms with Crippen molar-refractivity contribution in [2.75, 3.05) is 33.4 Å². The van der Waals surface area contributed by atoms with Gasteiger partial charge in [0.2, 0.25) is 0 Å². The number of ether oxygens (including phenoxy) is 1. The molecule has 1 aliphatic rings. The smallest absolute Gasteiger partial charge is 0.254 e. The van der Waals surface area contributed by atoms with Gasteiger partial charge in [-0.05, 0) is 38.5 Å². The number of benzene rings is 1. The van der Waals surface area contributed by atoms with E-state index in [-0.39, 0.29) is 5.91 Å². The molecule has 0 aromatic heterocycles. The maximum absolute atomic E-state index is 12.7. The number of amides is 1. The Morgan fingerprint density at radius 2 is 2.04 bits per heavy atom. The van der Waals surface area contributed by atoms with Gasteiger partial charge in [0.15, 0.2) is 0 Å². The third-order valence-corrected chi connectivity index (χ3v) is 4.39. The van der Waals surface area contributed by atoms with E-state index >= 15 is 0 Å². The van der Waals surface area contributed by atoms with Crippen molar-refractivity contribution >= 4 is 5.91 Å². The van der Waals surface area contributed by atoms with E-state index in [2.05, 4.69) is 24.8 Å². The van der Waals surface area contributed by atoms with Crippen molar-refractivity contribution in [1.29, 1.82) is 5.26 Å². The van der Waals surface area contributed by atoms with E-state index in [0.29, 0.717) is 36.3 Å². The first-order valence-electron chi connectivity index (χ1n) is 8.11. The van der Waals surface area contributed by atoms with Gasteiger partial charge in [-0.2, -0.15) is 5.26 Å². The van der Waals surface area contributed by atoms with Crippen LogP contribution in [0.5, 0.6) is 0 Å². The topological polar surface area (TPSA) is 56.6 Å². The molecule has 5 heteroatoms. The van der Waals surface area contributed by atoms with E-state index in [4.69, 9.17) is 10.00 Å². The van der Waals surface area contributed by atoms with Gasteiger partial charge in [-0.1, -0.05) is 6.07 Å². The molecule has 0 saturated carbocycles. The highest BCUT2D eigenvalue weighted by Crippen LogP contribution is 2.18. The van der Waals surface area contributed by atoms with Gasteiger partial charge < -0.3 is 9.64 Å². The molecule has 1 amide bonds. The molecule has 1 heterocycles. The first kappa shape index (κ1) is 17.5. The number of carbonyl (C=O) groups is 1. The van der Waals surface area contributed by atoms with Gasteiger partial charge in [0, 0.05) is 51.0 Å². The molecule has 0 radical (unpaired) electrons. The van der Waals surface area contributed by atoms with Crippen LogP contribution in [0.3, 0.4) is 0 Å². The Bertz CT molecular complexity index is 570. The molecule has 1 aromatic rings. The third-order valence-electron chi connectivity index (χ3n) is 4.39. The first-order chi connectivity index (χ1) is 11.1. The summed E-state index contributed by atoms with van der Waals surface area (Å²) in [6.07, 6.45) is 1.00. The molecule has 1 aliphatic heterocycles. The number of carbonyl (C=O) groups excluding carboxylic acids is 1. The summed E-state index contributed by atoms with van der Waals surface area (Å²) < 4.78 is 5.12. The molecule has 2 unspecified atom stereocenters. The number of hydrogen-bond donors (Lipinski definition) is 0. The summed E-state index contributed by atoms with van der Waals surface area (Å²) in [5, 5.41) is 8.98. The second-order valence-electron chi connectivity index (χ2n) is 6.18. The monoisotopic (exact) mass is 315 g/mol. The van der Waals surface area contributed by atoms with Crippen LogP contribution in [0.15, 0.2) is 24.3 Å². The summed E-state index contributed by atoms with van der Waals surface area (Å²) >= 11 is 0. The Hall–Kier alpha value is -1.90. The highest BCUT2D eigenvalue weighted by molar-refractivity contribution is 5.94. The summed E-state index contributed by atoms with van der Waals surface area (Å²) in [7, 11) is 1.72. The Morgan fingerprint density at radius 3 is 2.65 bits per heavy atom. The van der Waals surface area contributed by atoms with E-state index < -0.39 is 0 Å². The minimum Gasteiger partial charge on any atom is -0.385 e. The third kappa shape index (κ3) is 4.31. The zero-order valence-electron chi connectivity index (χ0n) is 14.2. The highest BCUT2D eigenvalue weighted by Gasteiger charge is 2.31. The van der Waals surface area contributed by atoms with Gasteiger partial charge in [0.1, 0.15) is 0 Å². The average molecular weight is 315 g/mol. The van der Waals surface area contributed by atoms with Crippen LogP contribution in [0.2, 0.25) is 0 Å². The molecule has 2 atom stereocenters. The van der Waals surface area contributed by atoms with Crippen LogP contribution in [-0.2, 0) is 4.74 Å². The van der Waals surface area contributed by atoms with Crippen LogP contribution in [0.1, 0.15) is 36.2 Å². The highest BCUT2D eigenvalue weighted by atomic mass is 16.5. The Kier molecular flexibility index (Phi) is 6.14. The Balaban J connectivity index is 2.02. The van der Waals surface area contributed by atoms with Gasteiger partial charge in [-0.3, -0.25) is 9.69 Å². The zero-order valence-corrected chi connectivity index (χ0v) is 14.2. The zero-order chi connectivity index (χ0) is 16.8. The van der Waals surface area contributed by atoms with Crippen molar-refractivity contribution in [2.24, 2.45) is 0 Å². The molecule has 1 fully saturated rings. The summed E-state index contributed by atoms with van der Waals surface area (Å²) in [5.41, 5.74) is 1.12. The van der Waals surface area contributed by atoms with Crippen molar-refractivity contribution in [2.45, 2.75) is 32.4 Å². The fourth-order valence-electron chi connectivity index (χ4n) is 3.26. The number of rotatable bonds is 5. The molecule has 23 heavy (non-hydrogen) atoms. The lowest BCUT2D eigenvalue weighted by atomic mass is 10.0. The molecule has 124 valence electrons. The van der Waals surface area contributed by atoms with E-state index in [9.17, 15) is 4.79 Å². The molecule has 0 spiro atoms. The van der Waals surface area contributed by atoms with Crippen molar-refractivity contribution < 1.29 is 9.53 Å². The molecule has 0 bridgehead atoms. The molecule has 1 saturated heterocycles. The summed E-state index contributed by atoms with van der Waals surface area (Å²) in [6.45, 7) is 7.50. The largest absolute Gasteiger partial charge is 0.385 e. The SMILES string of the molecule is COCCCN1C(C)CN(C(=O)c2cccc(C#N)c2)CC1C. The second kappa shape index (κ2) is 8.09. The molecule has 0 N–H and O–H groups in total. The standard InChI is InChI=1S/C18H25N3O2/c1-14-12-20(13-15(2)21(14)8-5-9-23-3)18(22)17-7-4-6-16(10-17)11-19/h4,6-7,10,14-15H,5,8-9,12-13H2,1-3H3. The van der Waals surface area contributed by atoms with Crippen LogP contribution in [0.4, 0.5) is 0 Å². The lowest BCUT2D eigenvalue weighted by Crippen LogP contribution is -2.58. The Morgan fingerprint density at radius 1 is 1.35 bits per heavy atom. The summed E-state index contributed by atoms with van der Waals surface area (Å²) in [4.78, 5) is 17.0. The second-order valence-corrected chi connectivity index (χ2v) is 6.18.